The summed E-state index contributed by atoms with van der Waals surface area (Å²) in [5.41, 5.74) is 0. The van der Waals surface area contributed by atoms with E-state index in [0.29, 0.717) is 22.7 Å². The lowest BCUT2D eigenvalue weighted by atomic mass is 10.0. The van der Waals surface area contributed by atoms with Gasteiger partial charge in [0.05, 0.1) is 15.8 Å². The minimum atomic E-state index is -0.863. The number of carboxylic acid groups (broad SMARTS) is 1. The second-order valence-corrected chi connectivity index (χ2v) is 5.88. The number of nitrogens with one attached hydrogen (secondary N) is 2. The van der Waals surface area contributed by atoms with E-state index in [2.05, 4.69) is 10.6 Å². The summed E-state index contributed by atoms with van der Waals surface area (Å²) in [7, 11) is 0. The first-order valence-corrected chi connectivity index (χ1v) is 7.20. The minimum Gasteiger partial charge on any atom is -0.481 e. The molecule has 0 radical (unpaired) electrons. The van der Waals surface area contributed by atoms with Crippen molar-refractivity contribution in [3.05, 3.63) is 17.0 Å². The minimum absolute atomic E-state index is 0.194. The Morgan fingerprint density at radius 1 is 1.30 bits per heavy atom. The second kappa shape index (κ2) is 6.04. The van der Waals surface area contributed by atoms with Crippen LogP contribution in [0.3, 0.4) is 0 Å². The van der Waals surface area contributed by atoms with E-state index in [1.54, 1.807) is 12.1 Å². The lowest BCUT2D eigenvalue weighted by molar-refractivity contribution is -0.142. The standard InChI is InChI=1S/C13H16N2O4S/c1-7(16)14-11-6-5-10(20-11)12(17)15-9-4-2-3-8(9)13(18)19/h5-6,8-9H,2-4H2,1H3,(H,14,16)(H,15,17)(H,18,19). The summed E-state index contributed by atoms with van der Waals surface area (Å²) in [6, 6.07) is 2.96. The third kappa shape index (κ3) is 3.36. The monoisotopic (exact) mass is 296 g/mol. The summed E-state index contributed by atoms with van der Waals surface area (Å²) in [4.78, 5) is 34.5. The third-order valence-corrected chi connectivity index (χ3v) is 4.28. The van der Waals surface area contributed by atoms with Gasteiger partial charge in [0.1, 0.15) is 0 Å². The number of carboxylic acids is 1. The van der Waals surface area contributed by atoms with E-state index in [1.807, 2.05) is 0 Å². The number of anilines is 1. The molecule has 1 aliphatic carbocycles. The number of hydrogen-bond acceptors (Lipinski definition) is 4. The molecular weight excluding hydrogens is 280 g/mol. The quantitative estimate of drug-likeness (QED) is 0.788. The van der Waals surface area contributed by atoms with E-state index in [-0.39, 0.29) is 17.9 Å². The lowest BCUT2D eigenvalue weighted by Gasteiger charge is -2.16. The molecule has 0 aromatic carbocycles. The summed E-state index contributed by atoms with van der Waals surface area (Å²) in [5, 5.41) is 15.1. The molecule has 20 heavy (non-hydrogen) atoms. The molecule has 1 heterocycles. The molecule has 0 spiro atoms. The number of aliphatic carboxylic acids is 1. The van der Waals surface area contributed by atoms with Gasteiger partial charge in [0.15, 0.2) is 0 Å². The smallest absolute Gasteiger partial charge is 0.308 e. The maximum Gasteiger partial charge on any atom is 0.308 e. The van der Waals surface area contributed by atoms with Crippen molar-refractivity contribution < 1.29 is 19.5 Å². The average molecular weight is 296 g/mol. The van der Waals surface area contributed by atoms with Crippen LogP contribution >= 0.6 is 11.3 Å². The van der Waals surface area contributed by atoms with Gasteiger partial charge in [0.25, 0.3) is 5.91 Å². The molecule has 1 aliphatic rings. The molecule has 7 heteroatoms. The van der Waals surface area contributed by atoms with Crippen molar-refractivity contribution in [1.82, 2.24) is 5.32 Å². The maximum absolute atomic E-state index is 12.1. The molecule has 108 valence electrons. The highest BCUT2D eigenvalue weighted by atomic mass is 32.1. The Morgan fingerprint density at radius 3 is 2.70 bits per heavy atom. The van der Waals surface area contributed by atoms with Crippen LogP contribution in [0.2, 0.25) is 0 Å². The predicted molar refractivity (Wildman–Crippen MR) is 74.9 cm³/mol. The van der Waals surface area contributed by atoms with Crippen LogP contribution in [0.5, 0.6) is 0 Å². The van der Waals surface area contributed by atoms with Crippen LogP contribution in [0.1, 0.15) is 35.9 Å². The highest BCUT2D eigenvalue weighted by molar-refractivity contribution is 7.18. The number of carbonyl (C=O) groups excluding carboxylic acids is 2. The Balaban J connectivity index is 1.99. The number of hydrogen-bond donors (Lipinski definition) is 3. The topological polar surface area (TPSA) is 95.5 Å². The van der Waals surface area contributed by atoms with E-state index in [4.69, 9.17) is 5.11 Å². The Labute approximate surface area is 120 Å². The van der Waals surface area contributed by atoms with E-state index < -0.39 is 11.9 Å². The van der Waals surface area contributed by atoms with Gasteiger partial charge in [-0.05, 0) is 25.0 Å². The summed E-state index contributed by atoms with van der Waals surface area (Å²) in [6.45, 7) is 1.40. The summed E-state index contributed by atoms with van der Waals surface area (Å²) >= 11 is 1.17. The summed E-state index contributed by atoms with van der Waals surface area (Å²) < 4.78 is 0. The van der Waals surface area contributed by atoms with Crippen LogP contribution in [-0.4, -0.2) is 28.9 Å². The molecule has 1 aromatic rings. The highest BCUT2D eigenvalue weighted by Gasteiger charge is 2.34. The zero-order chi connectivity index (χ0) is 14.7. The van der Waals surface area contributed by atoms with Crippen molar-refractivity contribution in [3.8, 4) is 0 Å². The third-order valence-electron chi connectivity index (χ3n) is 3.28. The zero-order valence-electron chi connectivity index (χ0n) is 11.0. The molecule has 2 unspecified atom stereocenters. The molecule has 6 nitrogen and oxygen atoms in total. The van der Waals surface area contributed by atoms with Crippen LogP contribution in [-0.2, 0) is 9.59 Å². The SMILES string of the molecule is CC(=O)Nc1ccc(C(=O)NC2CCCC2C(=O)O)s1. The van der Waals surface area contributed by atoms with Gasteiger partial charge in [-0.3, -0.25) is 14.4 Å². The van der Waals surface area contributed by atoms with Gasteiger partial charge in [-0.2, -0.15) is 0 Å². The fraction of sp³-hybridized carbons (Fsp3) is 0.462. The molecule has 3 N–H and O–H groups in total. The van der Waals surface area contributed by atoms with Crippen LogP contribution < -0.4 is 10.6 Å². The Bertz CT molecular complexity index is 540. The first-order chi connectivity index (χ1) is 9.47. The number of amides is 2. The molecular formula is C13H16N2O4S. The first kappa shape index (κ1) is 14.5. The van der Waals surface area contributed by atoms with Crippen molar-refractivity contribution in [2.75, 3.05) is 5.32 Å². The number of rotatable bonds is 4. The van der Waals surface area contributed by atoms with E-state index in [0.717, 1.165) is 6.42 Å². The number of carbonyl (C=O) groups is 3. The van der Waals surface area contributed by atoms with Crippen LogP contribution in [0.4, 0.5) is 5.00 Å². The Morgan fingerprint density at radius 2 is 2.05 bits per heavy atom. The van der Waals surface area contributed by atoms with Gasteiger partial charge < -0.3 is 15.7 Å². The normalized spacial score (nSPS) is 21.4. The molecule has 1 saturated carbocycles. The molecule has 0 bridgehead atoms. The molecule has 0 saturated heterocycles. The predicted octanol–water partition coefficient (Wildman–Crippen LogP) is 1.69. The van der Waals surface area contributed by atoms with E-state index >= 15 is 0 Å². The van der Waals surface area contributed by atoms with E-state index in [9.17, 15) is 14.4 Å². The van der Waals surface area contributed by atoms with Crippen molar-refractivity contribution in [3.63, 3.8) is 0 Å². The largest absolute Gasteiger partial charge is 0.481 e. The van der Waals surface area contributed by atoms with Crippen molar-refractivity contribution >= 4 is 34.1 Å². The fourth-order valence-electron chi connectivity index (χ4n) is 2.37. The second-order valence-electron chi connectivity index (χ2n) is 4.80. The lowest BCUT2D eigenvalue weighted by Crippen LogP contribution is -2.39. The Kier molecular flexibility index (Phi) is 4.39. The van der Waals surface area contributed by atoms with Crippen molar-refractivity contribution in [2.45, 2.75) is 32.2 Å². The highest BCUT2D eigenvalue weighted by Crippen LogP contribution is 2.27. The average Bonchev–Trinajstić information content (AvgIpc) is 2.97. The van der Waals surface area contributed by atoms with Crippen LogP contribution in [0.15, 0.2) is 12.1 Å². The van der Waals surface area contributed by atoms with E-state index in [1.165, 1.54) is 18.3 Å². The van der Waals surface area contributed by atoms with Crippen LogP contribution in [0.25, 0.3) is 0 Å². The molecule has 2 amide bonds. The molecule has 2 rings (SSSR count). The van der Waals surface area contributed by atoms with Gasteiger partial charge in [-0.25, -0.2) is 0 Å². The van der Waals surface area contributed by atoms with Gasteiger partial charge in [-0.1, -0.05) is 6.42 Å². The van der Waals surface area contributed by atoms with Crippen molar-refractivity contribution in [1.29, 1.82) is 0 Å². The fourth-order valence-corrected chi connectivity index (χ4v) is 3.22. The molecule has 0 aliphatic heterocycles. The summed E-state index contributed by atoms with van der Waals surface area (Å²) in [5.74, 6) is -1.85. The molecule has 1 aromatic heterocycles. The maximum atomic E-state index is 12.1. The van der Waals surface area contributed by atoms with Gasteiger partial charge >= 0.3 is 5.97 Å². The van der Waals surface area contributed by atoms with Gasteiger partial charge in [0, 0.05) is 13.0 Å². The molecule has 1 fully saturated rings. The van der Waals surface area contributed by atoms with Gasteiger partial charge in [0.2, 0.25) is 5.91 Å². The van der Waals surface area contributed by atoms with Crippen molar-refractivity contribution in [2.24, 2.45) is 5.92 Å². The Hall–Kier alpha value is -1.89. The first-order valence-electron chi connectivity index (χ1n) is 6.38. The molecule has 2 atom stereocenters. The summed E-state index contributed by atoms with van der Waals surface area (Å²) in [6.07, 6.45) is 2.10. The number of thiophene rings is 1. The van der Waals surface area contributed by atoms with Crippen LogP contribution in [0, 0.1) is 5.92 Å². The zero-order valence-corrected chi connectivity index (χ0v) is 11.8. The van der Waals surface area contributed by atoms with Gasteiger partial charge in [-0.15, -0.1) is 11.3 Å².